The molecule has 2 amide bonds. The number of amides is 2. The number of ether oxygens (including phenoxy) is 1. The van der Waals surface area contributed by atoms with Gasteiger partial charge >= 0.3 is 5.97 Å². The number of carbonyl (C=O) groups is 3. The molecule has 164 valence electrons. The molecule has 3 atom stereocenters. The number of halogens is 1. The Bertz CT molecular complexity index is 1150. The number of piperazine rings is 1. The first-order chi connectivity index (χ1) is 15.5. The van der Waals surface area contributed by atoms with Gasteiger partial charge in [0.05, 0.1) is 17.6 Å². The predicted octanol–water partition coefficient (Wildman–Crippen LogP) is 2.82. The van der Waals surface area contributed by atoms with Crippen LogP contribution in [0.1, 0.15) is 57.2 Å². The van der Waals surface area contributed by atoms with E-state index >= 15 is 0 Å². The second kappa shape index (κ2) is 7.30. The molecule has 3 fully saturated rings. The van der Waals surface area contributed by atoms with Crippen molar-refractivity contribution in [1.82, 2.24) is 14.8 Å². The molecule has 6 rings (SSSR count). The number of hydrogen-bond acceptors (Lipinski definition) is 5. The second-order valence-electron chi connectivity index (χ2n) is 9.14. The molecule has 1 aromatic carbocycles. The summed E-state index contributed by atoms with van der Waals surface area (Å²) < 4.78 is 5.46. The van der Waals surface area contributed by atoms with Crippen molar-refractivity contribution in [3.05, 3.63) is 63.9 Å². The number of carbonyl (C=O) groups excluding carboxylic acids is 3. The minimum absolute atomic E-state index is 0.0341. The summed E-state index contributed by atoms with van der Waals surface area (Å²) in [5, 5.41) is 0.462. The van der Waals surface area contributed by atoms with Gasteiger partial charge in [-0.05, 0) is 60.6 Å². The maximum absolute atomic E-state index is 13.2. The van der Waals surface area contributed by atoms with Crippen LogP contribution in [0.3, 0.4) is 0 Å². The highest BCUT2D eigenvalue weighted by molar-refractivity contribution is 6.31. The smallest absolute Gasteiger partial charge is 0.339 e. The Hall–Kier alpha value is -2.93. The largest absolute Gasteiger partial charge is 0.448 e. The summed E-state index contributed by atoms with van der Waals surface area (Å²) in [6.45, 7) is 0.941. The number of pyridine rings is 1. The van der Waals surface area contributed by atoms with Crippen LogP contribution >= 0.6 is 11.6 Å². The number of nitrogens with zero attached hydrogens (tertiary/aromatic N) is 3. The molecule has 1 aromatic heterocycles. The summed E-state index contributed by atoms with van der Waals surface area (Å²) in [4.78, 5) is 46.6. The Balaban J connectivity index is 1.14. The van der Waals surface area contributed by atoms with E-state index in [0.717, 1.165) is 12.0 Å². The normalized spacial score (nSPS) is 26.2. The lowest BCUT2D eigenvalue weighted by atomic mass is 9.98. The lowest BCUT2D eigenvalue weighted by Gasteiger charge is -2.36. The summed E-state index contributed by atoms with van der Waals surface area (Å²) in [7, 11) is 0. The van der Waals surface area contributed by atoms with E-state index in [9.17, 15) is 14.4 Å². The molecule has 0 radical (unpaired) electrons. The van der Waals surface area contributed by atoms with Crippen molar-refractivity contribution >= 4 is 29.4 Å². The van der Waals surface area contributed by atoms with Crippen LogP contribution in [0.2, 0.25) is 5.02 Å². The molecule has 1 saturated carbocycles. The number of benzene rings is 1. The van der Waals surface area contributed by atoms with Crippen LogP contribution in [-0.2, 0) is 16.0 Å². The maximum Gasteiger partial charge on any atom is 0.339 e. The molecule has 2 bridgehead atoms. The molecule has 4 aliphatic rings. The molecule has 7 nitrogen and oxygen atoms in total. The standard InChI is InChI=1S/C24H22ClN3O4/c25-16-4-3-15-8-21(32-24(31)19(15)9-16)23(30)28-12-17-10-18(28)11-27(17)22(29)20-7-14(5-6-26-20)13-1-2-13/h3-7,9,13,17-18,21H,1-2,8,10-12H2/t17-,18-,21?/m0/s1. The highest BCUT2D eigenvalue weighted by Crippen LogP contribution is 2.40. The van der Waals surface area contributed by atoms with Gasteiger partial charge in [-0.3, -0.25) is 14.6 Å². The fraction of sp³-hybridized carbons (Fsp3) is 0.417. The minimum Gasteiger partial charge on any atom is -0.448 e. The number of cyclic esters (lactones) is 1. The molecule has 1 unspecified atom stereocenters. The Morgan fingerprint density at radius 1 is 1.06 bits per heavy atom. The van der Waals surface area contributed by atoms with E-state index in [4.69, 9.17) is 16.3 Å². The first-order valence-corrected chi connectivity index (χ1v) is 11.4. The van der Waals surface area contributed by atoms with Gasteiger partial charge in [-0.2, -0.15) is 0 Å². The van der Waals surface area contributed by atoms with Gasteiger partial charge < -0.3 is 14.5 Å². The third-order valence-electron chi connectivity index (χ3n) is 7.06. The monoisotopic (exact) mass is 451 g/mol. The van der Waals surface area contributed by atoms with E-state index in [1.807, 2.05) is 17.0 Å². The Kier molecular flexibility index (Phi) is 4.50. The number of fused-ring (bicyclic) bond motifs is 3. The zero-order chi connectivity index (χ0) is 22.0. The highest BCUT2D eigenvalue weighted by atomic mass is 35.5. The average molecular weight is 452 g/mol. The average Bonchev–Trinajstić information content (AvgIpc) is 3.47. The van der Waals surface area contributed by atoms with E-state index in [1.165, 1.54) is 18.4 Å². The van der Waals surface area contributed by atoms with Crippen LogP contribution in [0, 0.1) is 0 Å². The summed E-state index contributed by atoms with van der Waals surface area (Å²) in [6, 6.07) is 8.88. The number of hydrogen-bond donors (Lipinski definition) is 0. The molecular formula is C24H22ClN3O4. The number of aromatic nitrogens is 1. The Morgan fingerprint density at radius 3 is 2.59 bits per heavy atom. The maximum atomic E-state index is 13.2. The molecule has 2 saturated heterocycles. The Labute approximate surface area is 190 Å². The zero-order valence-electron chi connectivity index (χ0n) is 17.4. The predicted molar refractivity (Wildman–Crippen MR) is 116 cm³/mol. The van der Waals surface area contributed by atoms with E-state index in [1.54, 1.807) is 29.3 Å². The van der Waals surface area contributed by atoms with Crippen molar-refractivity contribution in [2.45, 2.75) is 49.8 Å². The van der Waals surface area contributed by atoms with Crippen molar-refractivity contribution in [2.75, 3.05) is 13.1 Å². The Morgan fingerprint density at radius 2 is 1.84 bits per heavy atom. The van der Waals surface area contributed by atoms with E-state index in [0.29, 0.717) is 41.7 Å². The first-order valence-electron chi connectivity index (χ1n) is 11.0. The van der Waals surface area contributed by atoms with Crippen molar-refractivity contribution in [2.24, 2.45) is 0 Å². The third-order valence-corrected chi connectivity index (χ3v) is 7.29. The quantitative estimate of drug-likeness (QED) is 0.670. The molecule has 2 aromatic rings. The van der Waals surface area contributed by atoms with Gasteiger partial charge in [0, 0.05) is 30.7 Å². The van der Waals surface area contributed by atoms with E-state index in [-0.39, 0.29) is 23.9 Å². The summed E-state index contributed by atoms with van der Waals surface area (Å²) in [6.07, 6.45) is 4.31. The fourth-order valence-electron chi connectivity index (χ4n) is 5.24. The molecule has 8 heteroatoms. The van der Waals surface area contributed by atoms with Crippen molar-refractivity contribution < 1.29 is 19.1 Å². The molecule has 0 N–H and O–H groups in total. The summed E-state index contributed by atoms with van der Waals surface area (Å²) >= 11 is 5.98. The van der Waals surface area contributed by atoms with Crippen LogP contribution in [-0.4, -0.2) is 63.8 Å². The summed E-state index contributed by atoms with van der Waals surface area (Å²) in [5.74, 6) is -0.212. The van der Waals surface area contributed by atoms with Gasteiger partial charge in [0.25, 0.3) is 11.8 Å². The molecular weight excluding hydrogens is 430 g/mol. The van der Waals surface area contributed by atoms with Crippen LogP contribution in [0.4, 0.5) is 0 Å². The van der Waals surface area contributed by atoms with Gasteiger partial charge in [0.15, 0.2) is 6.10 Å². The zero-order valence-corrected chi connectivity index (χ0v) is 18.1. The van der Waals surface area contributed by atoms with Gasteiger partial charge in [-0.25, -0.2) is 4.79 Å². The number of rotatable bonds is 3. The lowest BCUT2D eigenvalue weighted by molar-refractivity contribution is -0.143. The van der Waals surface area contributed by atoms with Crippen molar-refractivity contribution in [1.29, 1.82) is 0 Å². The topological polar surface area (TPSA) is 79.8 Å². The molecule has 0 spiro atoms. The minimum atomic E-state index is -0.837. The third kappa shape index (κ3) is 3.26. The van der Waals surface area contributed by atoms with Crippen LogP contribution in [0.15, 0.2) is 36.5 Å². The first kappa shape index (κ1) is 19.7. The molecule has 3 aliphatic heterocycles. The van der Waals surface area contributed by atoms with Crippen molar-refractivity contribution in [3.63, 3.8) is 0 Å². The molecule has 32 heavy (non-hydrogen) atoms. The highest BCUT2D eigenvalue weighted by Gasteiger charge is 2.49. The van der Waals surface area contributed by atoms with E-state index < -0.39 is 12.1 Å². The van der Waals surface area contributed by atoms with E-state index in [2.05, 4.69) is 4.98 Å². The van der Waals surface area contributed by atoms with Crippen LogP contribution in [0.5, 0.6) is 0 Å². The molecule has 4 heterocycles. The fourth-order valence-corrected chi connectivity index (χ4v) is 5.41. The molecule has 1 aliphatic carbocycles. The SMILES string of the molecule is O=C1OC(C(=O)N2C[C@@H]3C[C@H]2CN3C(=O)c2cc(C3CC3)ccn2)Cc2ccc(Cl)cc21. The number of likely N-dealkylation sites (tertiary alicyclic amines) is 2. The van der Waals surface area contributed by atoms with Crippen LogP contribution < -0.4 is 0 Å². The van der Waals surface area contributed by atoms with Gasteiger partial charge in [-0.15, -0.1) is 0 Å². The van der Waals surface area contributed by atoms with Gasteiger partial charge in [0.1, 0.15) is 5.69 Å². The van der Waals surface area contributed by atoms with Crippen molar-refractivity contribution in [3.8, 4) is 0 Å². The van der Waals surface area contributed by atoms with Crippen LogP contribution in [0.25, 0.3) is 0 Å². The van der Waals surface area contributed by atoms with Gasteiger partial charge in [0.2, 0.25) is 0 Å². The van der Waals surface area contributed by atoms with Gasteiger partial charge in [-0.1, -0.05) is 17.7 Å². The second-order valence-corrected chi connectivity index (χ2v) is 9.58. The lowest BCUT2D eigenvalue weighted by Crippen LogP contribution is -2.54. The number of esters is 1. The summed E-state index contributed by atoms with van der Waals surface area (Å²) in [5.41, 5.74) is 2.86.